The van der Waals surface area contributed by atoms with E-state index in [0.717, 1.165) is 12.1 Å². The predicted molar refractivity (Wildman–Crippen MR) is 61.8 cm³/mol. The number of rotatable bonds is 6. The Morgan fingerprint density at radius 1 is 1.21 bits per heavy atom. The van der Waals surface area contributed by atoms with E-state index in [1.54, 1.807) is 0 Å². The lowest BCUT2D eigenvalue weighted by molar-refractivity contribution is -0.142. The van der Waals surface area contributed by atoms with Crippen LogP contribution in [0.25, 0.3) is 0 Å². The number of anilines is 1. The molecule has 2 amide bonds. The van der Waals surface area contributed by atoms with E-state index in [4.69, 9.17) is 5.11 Å². The van der Waals surface area contributed by atoms with E-state index in [9.17, 15) is 18.4 Å². The second-order valence-electron chi connectivity index (χ2n) is 3.49. The molecule has 6 nitrogen and oxygen atoms in total. The van der Waals surface area contributed by atoms with Gasteiger partial charge in [0, 0.05) is 18.3 Å². The van der Waals surface area contributed by atoms with Gasteiger partial charge in [0.1, 0.15) is 18.2 Å². The number of ether oxygens (including phenoxy) is 1. The number of carbonyl (C=O) groups is 2. The molecule has 1 rings (SSSR count). The summed E-state index contributed by atoms with van der Waals surface area (Å²) in [6.45, 7) is -0.382. The van der Waals surface area contributed by atoms with Crippen molar-refractivity contribution in [1.29, 1.82) is 0 Å². The van der Waals surface area contributed by atoms with Crippen LogP contribution in [0.4, 0.5) is 19.3 Å². The lowest BCUT2D eigenvalue weighted by Crippen LogP contribution is -2.32. The number of carbonyl (C=O) groups excluding carboxylic acids is 1. The predicted octanol–water partition coefficient (Wildman–Crippen LogP) is 1.19. The molecule has 0 fully saturated rings. The minimum Gasteiger partial charge on any atom is -0.480 e. The maximum Gasteiger partial charge on any atom is 0.329 e. The molecule has 0 radical (unpaired) electrons. The van der Waals surface area contributed by atoms with Crippen LogP contribution >= 0.6 is 0 Å². The maximum atomic E-state index is 12.8. The first kappa shape index (κ1) is 14.8. The third-order valence-electron chi connectivity index (χ3n) is 1.88. The molecule has 0 aliphatic rings. The SMILES string of the molecule is O=C(O)COCCNC(=O)Nc1cc(F)cc(F)c1. The fraction of sp³-hybridized carbons (Fsp3) is 0.273. The molecule has 0 unspecified atom stereocenters. The number of nitrogens with one attached hydrogen (secondary N) is 2. The molecule has 104 valence electrons. The van der Waals surface area contributed by atoms with Crippen LogP contribution in [0.15, 0.2) is 18.2 Å². The molecule has 0 bridgehead atoms. The van der Waals surface area contributed by atoms with Gasteiger partial charge in [-0.1, -0.05) is 0 Å². The number of hydrogen-bond acceptors (Lipinski definition) is 3. The minimum atomic E-state index is -1.11. The van der Waals surface area contributed by atoms with Crippen LogP contribution in [0.5, 0.6) is 0 Å². The zero-order valence-electron chi connectivity index (χ0n) is 9.78. The molecular formula is C11H12F2N2O4. The van der Waals surface area contributed by atoms with Gasteiger partial charge in [-0.3, -0.25) is 0 Å². The van der Waals surface area contributed by atoms with Gasteiger partial charge in [0.2, 0.25) is 0 Å². The summed E-state index contributed by atoms with van der Waals surface area (Å²) in [5, 5.41) is 12.8. The molecule has 1 aromatic carbocycles. The number of carboxylic acids is 1. The highest BCUT2D eigenvalue weighted by molar-refractivity contribution is 5.89. The third kappa shape index (κ3) is 6.32. The van der Waals surface area contributed by atoms with Crippen molar-refractivity contribution in [1.82, 2.24) is 5.32 Å². The van der Waals surface area contributed by atoms with Gasteiger partial charge in [-0.15, -0.1) is 0 Å². The quantitative estimate of drug-likeness (QED) is 0.680. The van der Waals surface area contributed by atoms with Crippen molar-refractivity contribution in [2.24, 2.45) is 0 Å². The number of benzene rings is 1. The van der Waals surface area contributed by atoms with Crippen LogP contribution in [0.2, 0.25) is 0 Å². The zero-order chi connectivity index (χ0) is 14.3. The minimum absolute atomic E-state index is 0.0111. The summed E-state index contributed by atoms with van der Waals surface area (Å²) in [5.74, 6) is -2.72. The Morgan fingerprint density at radius 2 is 1.84 bits per heavy atom. The molecule has 0 saturated carbocycles. The lowest BCUT2D eigenvalue weighted by Gasteiger charge is -2.07. The first-order valence-corrected chi connectivity index (χ1v) is 5.28. The molecule has 1 aromatic rings. The smallest absolute Gasteiger partial charge is 0.329 e. The molecular weight excluding hydrogens is 262 g/mol. The molecule has 0 saturated heterocycles. The molecule has 0 aliphatic heterocycles. The van der Waals surface area contributed by atoms with Crippen LogP contribution in [-0.2, 0) is 9.53 Å². The molecule has 0 aromatic heterocycles. The van der Waals surface area contributed by atoms with Crippen LogP contribution < -0.4 is 10.6 Å². The van der Waals surface area contributed by atoms with Crippen molar-refractivity contribution < 1.29 is 28.2 Å². The first-order valence-electron chi connectivity index (χ1n) is 5.28. The third-order valence-corrected chi connectivity index (χ3v) is 1.88. The van der Waals surface area contributed by atoms with E-state index < -0.39 is 30.2 Å². The van der Waals surface area contributed by atoms with Crippen molar-refractivity contribution in [3.8, 4) is 0 Å². The van der Waals surface area contributed by atoms with Crippen molar-refractivity contribution in [2.45, 2.75) is 0 Å². The highest BCUT2D eigenvalue weighted by Gasteiger charge is 2.04. The summed E-state index contributed by atoms with van der Waals surface area (Å²) < 4.78 is 30.3. The zero-order valence-corrected chi connectivity index (χ0v) is 9.78. The summed E-state index contributed by atoms with van der Waals surface area (Å²) in [5.41, 5.74) is -0.0264. The van der Waals surface area contributed by atoms with Crippen LogP contribution in [0.3, 0.4) is 0 Å². The Labute approximate surface area is 107 Å². The van der Waals surface area contributed by atoms with Crippen molar-refractivity contribution in [3.05, 3.63) is 29.8 Å². The summed E-state index contributed by atoms with van der Waals surface area (Å²) in [7, 11) is 0. The molecule has 8 heteroatoms. The standard InChI is InChI=1S/C11H12F2N2O4/c12-7-3-8(13)5-9(4-7)15-11(18)14-1-2-19-6-10(16)17/h3-5H,1-2,6H2,(H,16,17)(H2,14,15,18). The lowest BCUT2D eigenvalue weighted by atomic mass is 10.3. The van der Waals surface area contributed by atoms with E-state index in [1.807, 2.05) is 0 Å². The highest BCUT2D eigenvalue weighted by atomic mass is 19.1. The number of halogens is 2. The van der Waals surface area contributed by atoms with Gasteiger partial charge in [-0.2, -0.15) is 0 Å². The van der Waals surface area contributed by atoms with Crippen LogP contribution in [0.1, 0.15) is 0 Å². The van der Waals surface area contributed by atoms with Crippen molar-refractivity contribution >= 4 is 17.7 Å². The van der Waals surface area contributed by atoms with Gasteiger partial charge in [0.15, 0.2) is 0 Å². The normalized spacial score (nSPS) is 10.0. The number of hydrogen-bond donors (Lipinski definition) is 3. The monoisotopic (exact) mass is 274 g/mol. The van der Waals surface area contributed by atoms with Gasteiger partial charge in [-0.05, 0) is 12.1 Å². The van der Waals surface area contributed by atoms with E-state index in [0.29, 0.717) is 6.07 Å². The summed E-state index contributed by atoms with van der Waals surface area (Å²) in [6, 6.07) is 1.93. The van der Waals surface area contributed by atoms with E-state index in [2.05, 4.69) is 15.4 Å². The van der Waals surface area contributed by atoms with Crippen molar-refractivity contribution in [2.75, 3.05) is 25.1 Å². The number of urea groups is 1. The maximum absolute atomic E-state index is 12.8. The van der Waals surface area contributed by atoms with Gasteiger partial charge >= 0.3 is 12.0 Å². The Kier molecular flexibility index (Phi) is 5.68. The summed E-state index contributed by atoms with van der Waals surface area (Å²) in [4.78, 5) is 21.4. The fourth-order valence-electron chi connectivity index (χ4n) is 1.20. The molecule has 3 N–H and O–H groups in total. The van der Waals surface area contributed by atoms with E-state index in [-0.39, 0.29) is 18.8 Å². The number of amides is 2. The Hall–Kier alpha value is -2.22. The van der Waals surface area contributed by atoms with Crippen LogP contribution in [0, 0.1) is 11.6 Å². The molecule has 0 aliphatic carbocycles. The van der Waals surface area contributed by atoms with Gasteiger partial charge in [0.05, 0.1) is 6.61 Å². The number of carboxylic acid groups (broad SMARTS) is 1. The van der Waals surface area contributed by atoms with E-state index in [1.165, 1.54) is 0 Å². The Balaban J connectivity index is 2.29. The van der Waals surface area contributed by atoms with Gasteiger partial charge in [-0.25, -0.2) is 18.4 Å². The highest BCUT2D eigenvalue weighted by Crippen LogP contribution is 2.12. The molecule has 0 heterocycles. The Morgan fingerprint density at radius 3 is 2.42 bits per heavy atom. The second kappa shape index (κ2) is 7.27. The van der Waals surface area contributed by atoms with Crippen LogP contribution in [-0.4, -0.2) is 36.9 Å². The van der Waals surface area contributed by atoms with E-state index >= 15 is 0 Å². The largest absolute Gasteiger partial charge is 0.480 e. The first-order chi connectivity index (χ1) is 8.97. The van der Waals surface area contributed by atoms with Crippen molar-refractivity contribution in [3.63, 3.8) is 0 Å². The molecule has 19 heavy (non-hydrogen) atoms. The molecule has 0 atom stereocenters. The van der Waals surface area contributed by atoms with Gasteiger partial charge in [0.25, 0.3) is 0 Å². The topological polar surface area (TPSA) is 87.7 Å². The van der Waals surface area contributed by atoms with Gasteiger partial charge < -0.3 is 20.5 Å². The summed E-state index contributed by atoms with van der Waals surface area (Å²) >= 11 is 0. The number of aliphatic carboxylic acids is 1. The average Bonchev–Trinajstić information content (AvgIpc) is 2.26. The average molecular weight is 274 g/mol. The summed E-state index contributed by atoms with van der Waals surface area (Å²) in [6.07, 6.45) is 0. The fourth-order valence-corrected chi connectivity index (χ4v) is 1.20. The Bertz CT molecular complexity index is 448. The second-order valence-corrected chi connectivity index (χ2v) is 3.49. The molecule has 0 spiro atoms.